The van der Waals surface area contributed by atoms with E-state index >= 15 is 0 Å². The number of hydrogen-bond acceptors (Lipinski definition) is 6. The summed E-state index contributed by atoms with van der Waals surface area (Å²) in [6, 6.07) is 6.93. The number of likely N-dealkylation sites (tertiary alicyclic amines) is 1. The van der Waals surface area contributed by atoms with E-state index in [1.807, 2.05) is 24.8 Å². The number of benzene rings is 1. The summed E-state index contributed by atoms with van der Waals surface area (Å²) in [5, 5.41) is 0.621. The third-order valence-corrected chi connectivity index (χ3v) is 8.63. The molecule has 1 aromatic carbocycles. The number of thiazole rings is 1. The molecule has 0 spiro atoms. The summed E-state index contributed by atoms with van der Waals surface area (Å²) in [6.07, 6.45) is 2.04. The predicted molar refractivity (Wildman–Crippen MR) is 130 cm³/mol. The van der Waals surface area contributed by atoms with Crippen molar-refractivity contribution in [3.63, 3.8) is 0 Å². The number of aromatic nitrogens is 2. The quantitative estimate of drug-likeness (QED) is 0.563. The molecule has 0 radical (unpaired) electrons. The minimum Gasteiger partial charge on any atom is -0.495 e. The van der Waals surface area contributed by atoms with Gasteiger partial charge < -0.3 is 14.2 Å². The maximum Gasteiger partial charge on any atom is 0.265 e. The van der Waals surface area contributed by atoms with Crippen LogP contribution in [-0.2, 0) is 17.1 Å². The molecule has 176 valence electrons. The zero-order valence-electron chi connectivity index (χ0n) is 19.4. The molecular weight excluding hydrogens is 460 g/mol. The van der Waals surface area contributed by atoms with Gasteiger partial charge in [-0.3, -0.25) is 9.52 Å². The number of amides is 1. The number of carbonyl (C=O) groups is 1. The maximum atomic E-state index is 13.3. The van der Waals surface area contributed by atoms with Crippen LogP contribution in [0.15, 0.2) is 29.2 Å². The van der Waals surface area contributed by atoms with Gasteiger partial charge in [0.2, 0.25) is 0 Å². The topological polar surface area (TPSA) is 93.5 Å². The highest BCUT2D eigenvalue weighted by Gasteiger charge is 2.28. The molecule has 2 aromatic heterocycles. The van der Waals surface area contributed by atoms with Gasteiger partial charge >= 0.3 is 0 Å². The summed E-state index contributed by atoms with van der Waals surface area (Å²) in [6.45, 7) is 7.00. The molecular formula is C23H28N4O4S2. The number of nitrogens with one attached hydrogen (secondary N) is 1. The molecule has 0 bridgehead atoms. The average molecular weight is 489 g/mol. The largest absolute Gasteiger partial charge is 0.495 e. The lowest BCUT2D eigenvalue weighted by Crippen LogP contribution is -2.27. The standard InChI is InChI=1S/C23H28N4O4S2/c1-14-8-9-19(31-5)17(12-14)25-33(29,30)20-13-18(26(4)16(20)3)22-24-15(2)21(32-22)23(28)27-10-6-7-11-27/h8-9,12-13,25H,6-7,10-11H2,1-5H3. The number of hydrogen-bond donors (Lipinski definition) is 1. The van der Waals surface area contributed by atoms with E-state index < -0.39 is 10.0 Å². The maximum absolute atomic E-state index is 13.3. The van der Waals surface area contributed by atoms with Crippen molar-refractivity contribution in [2.24, 2.45) is 7.05 Å². The molecule has 0 saturated carbocycles. The Hall–Kier alpha value is -2.85. The van der Waals surface area contributed by atoms with Gasteiger partial charge in [-0.2, -0.15) is 0 Å². The average Bonchev–Trinajstić information content (AvgIpc) is 3.48. The van der Waals surface area contributed by atoms with E-state index in [4.69, 9.17) is 4.74 Å². The molecule has 3 heterocycles. The number of methoxy groups -OCH3 is 1. The zero-order chi connectivity index (χ0) is 23.9. The summed E-state index contributed by atoms with van der Waals surface area (Å²) in [4.78, 5) is 20.1. The number of sulfonamides is 1. The van der Waals surface area contributed by atoms with Crippen LogP contribution in [0.1, 0.15) is 39.5 Å². The Morgan fingerprint density at radius 2 is 1.85 bits per heavy atom. The van der Waals surface area contributed by atoms with Crippen molar-refractivity contribution < 1.29 is 17.9 Å². The van der Waals surface area contributed by atoms with Crippen molar-refractivity contribution in [3.05, 3.63) is 46.1 Å². The van der Waals surface area contributed by atoms with Crippen LogP contribution in [0, 0.1) is 20.8 Å². The van der Waals surface area contributed by atoms with Gasteiger partial charge in [-0.25, -0.2) is 13.4 Å². The Balaban J connectivity index is 1.69. The highest BCUT2D eigenvalue weighted by Crippen LogP contribution is 2.35. The van der Waals surface area contributed by atoms with Crippen LogP contribution in [0.4, 0.5) is 5.69 Å². The zero-order valence-corrected chi connectivity index (χ0v) is 21.1. The lowest BCUT2D eigenvalue weighted by Gasteiger charge is -2.13. The molecule has 1 saturated heterocycles. The van der Waals surface area contributed by atoms with Crippen LogP contribution in [-0.4, -0.2) is 49.0 Å². The van der Waals surface area contributed by atoms with E-state index in [0.29, 0.717) is 38.4 Å². The molecule has 4 rings (SSSR count). The summed E-state index contributed by atoms with van der Waals surface area (Å²) < 4.78 is 36.4. The van der Waals surface area contributed by atoms with E-state index in [0.717, 1.165) is 31.5 Å². The second-order valence-corrected chi connectivity index (χ2v) is 10.9. The second kappa shape index (κ2) is 8.83. The van der Waals surface area contributed by atoms with Crippen LogP contribution in [0.5, 0.6) is 5.75 Å². The first-order valence-electron chi connectivity index (χ1n) is 10.7. The fraction of sp³-hybridized carbons (Fsp3) is 0.391. The SMILES string of the molecule is COc1ccc(C)cc1NS(=O)(=O)c1cc(-c2nc(C)c(C(=O)N3CCCC3)s2)n(C)c1C. The smallest absolute Gasteiger partial charge is 0.265 e. The summed E-state index contributed by atoms with van der Waals surface area (Å²) in [5.41, 5.74) is 3.18. The van der Waals surface area contributed by atoms with E-state index in [9.17, 15) is 13.2 Å². The van der Waals surface area contributed by atoms with Gasteiger partial charge in [-0.15, -0.1) is 11.3 Å². The van der Waals surface area contributed by atoms with Crippen molar-refractivity contribution >= 4 is 33.0 Å². The highest BCUT2D eigenvalue weighted by molar-refractivity contribution is 7.92. The lowest BCUT2D eigenvalue weighted by atomic mass is 10.2. The number of ether oxygens (including phenoxy) is 1. The van der Waals surface area contributed by atoms with Crippen molar-refractivity contribution in [1.29, 1.82) is 0 Å². The Morgan fingerprint density at radius 3 is 2.52 bits per heavy atom. The van der Waals surface area contributed by atoms with Crippen LogP contribution in [0.2, 0.25) is 0 Å². The molecule has 0 aliphatic carbocycles. The van der Waals surface area contributed by atoms with E-state index in [-0.39, 0.29) is 10.8 Å². The third kappa shape index (κ3) is 4.37. The molecule has 1 aliphatic rings. The van der Waals surface area contributed by atoms with Crippen molar-refractivity contribution in [1.82, 2.24) is 14.5 Å². The number of aryl methyl sites for hydroxylation is 2. The monoisotopic (exact) mass is 488 g/mol. The van der Waals surface area contributed by atoms with E-state index in [2.05, 4.69) is 9.71 Å². The Kier molecular flexibility index (Phi) is 6.24. The Labute approximate surface area is 198 Å². The van der Waals surface area contributed by atoms with Gasteiger partial charge in [-0.05, 0) is 57.4 Å². The van der Waals surface area contributed by atoms with Gasteiger partial charge in [0.15, 0.2) is 0 Å². The predicted octanol–water partition coefficient (Wildman–Crippen LogP) is 4.12. The molecule has 0 unspecified atom stereocenters. The molecule has 1 aliphatic heterocycles. The second-order valence-electron chi connectivity index (χ2n) is 8.28. The fourth-order valence-corrected chi connectivity index (χ4v) is 6.46. The first-order valence-corrected chi connectivity index (χ1v) is 13.0. The molecule has 33 heavy (non-hydrogen) atoms. The van der Waals surface area contributed by atoms with Gasteiger partial charge in [0.05, 0.1) is 24.2 Å². The molecule has 0 atom stereocenters. The minimum atomic E-state index is -3.88. The first-order chi connectivity index (χ1) is 15.6. The van der Waals surface area contributed by atoms with Crippen LogP contribution >= 0.6 is 11.3 Å². The van der Waals surface area contributed by atoms with Gasteiger partial charge in [0.1, 0.15) is 20.5 Å². The summed E-state index contributed by atoms with van der Waals surface area (Å²) >= 11 is 1.31. The van der Waals surface area contributed by atoms with Gasteiger partial charge in [-0.1, -0.05) is 6.07 Å². The number of nitrogens with zero attached hydrogens (tertiary/aromatic N) is 3. The number of carbonyl (C=O) groups excluding carboxylic acids is 1. The minimum absolute atomic E-state index is 0.000681. The van der Waals surface area contributed by atoms with Crippen molar-refractivity contribution in [3.8, 4) is 16.5 Å². The Bertz CT molecular complexity index is 1320. The van der Waals surface area contributed by atoms with Crippen molar-refractivity contribution in [2.45, 2.75) is 38.5 Å². The number of anilines is 1. The van der Waals surface area contributed by atoms with Gasteiger partial charge in [0.25, 0.3) is 15.9 Å². The normalized spacial score (nSPS) is 14.0. The van der Waals surface area contributed by atoms with Crippen LogP contribution in [0.3, 0.4) is 0 Å². The molecule has 1 N–H and O–H groups in total. The van der Waals surface area contributed by atoms with E-state index in [1.54, 1.807) is 36.7 Å². The Morgan fingerprint density at radius 1 is 1.15 bits per heavy atom. The summed E-state index contributed by atoms with van der Waals surface area (Å²) in [7, 11) is -0.584. The molecule has 8 nitrogen and oxygen atoms in total. The van der Waals surface area contributed by atoms with Crippen molar-refractivity contribution in [2.75, 3.05) is 24.9 Å². The number of rotatable bonds is 6. The first kappa shape index (κ1) is 23.3. The highest BCUT2D eigenvalue weighted by atomic mass is 32.2. The fourth-order valence-electron chi connectivity index (χ4n) is 4.02. The van der Waals surface area contributed by atoms with Crippen LogP contribution < -0.4 is 9.46 Å². The molecule has 1 amide bonds. The molecule has 3 aromatic rings. The molecule has 10 heteroatoms. The molecule has 1 fully saturated rings. The third-order valence-electron chi connectivity index (χ3n) is 5.98. The lowest BCUT2D eigenvalue weighted by molar-refractivity contribution is 0.0796. The van der Waals surface area contributed by atoms with E-state index in [1.165, 1.54) is 18.4 Å². The summed E-state index contributed by atoms with van der Waals surface area (Å²) in [5.74, 6) is 0.444. The van der Waals surface area contributed by atoms with Gasteiger partial charge in [0, 0.05) is 25.8 Å². The van der Waals surface area contributed by atoms with Crippen LogP contribution in [0.25, 0.3) is 10.7 Å².